The van der Waals surface area contributed by atoms with Crippen molar-refractivity contribution in [2.24, 2.45) is 4.99 Å². The largest absolute Gasteiger partial charge is 0.497 e. The predicted molar refractivity (Wildman–Crippen MR) is 118 cm³/mol. The number of benzene rings is 1. The number of sulfone groups is 1. The summed E-state index contributed by atoms with van der Waals surface area (Å²) < 4.78 is 30.8. The molecule has 1 unspecified atom stereocenters. The lowest BCUT2D eigenvalue weighted by atomic mass is 10.1. The maximum Gasteiger partial charge on any atom is 0.289 e. The van der Waals surface area contributed by atoms with Crippen molar-refractivity contribution in [2.45, 2.75) is 26.3 Å². The van der Waals surface area contributed by atoms with E-state index in [0.29, 0.717) is 28.6 Å². The molecule has 0 spiro atoms. The molecule has 4 rings (SSSR count). The van der Waals surface area contributed by atoms with E-state index in [0.717, 1.165) is 28.7 Å². The van der Waals surface area contributed by atoms with Crippen LogP contribution in [0.15, 0.2) is 34.2 Å². The molecule has 8 nitrogen and oxygen atoms in total. The Morgan fingerprint density at radius 3 is 2.87 bits per heavy atom. The molecule has 1 aromatic heterocycles. The van der Waals surface area contributed by atoms with Crippen molar-refractivity contribution in [1.29, 1.82) is 0 Å². The molecule has 0 saturated carbocycles. The number of ether oxygens (including phenoxy) is 1. The molecule has 1 amide bonds. The van der Waals surface area contributed by atoms with Crippen molar-refractivity contribution >= 4 is 44.4 Å². The number of amides is 1. The molecule has 0 bridgehead atoms. The second-order valence-electron chi connectivity index (χ2n) is 7.27. The summed E-state index contributed by atoms with van der Waals surface area (Å²) in [5.41, 5.74) is 3.20. The van der Waals surface area contributed by atoms with Crippen LogP contribution in [0.2, 0.25) is 0 Å². The molecule has 2 aliphatic heterocycles. The van der Waals surface area contributed by atoms with Gasteiger partial charge in [-0.05, 0) is 50.2 Å². The van der Waals surface area contributed by atoms with Gasteiger partial charge in [0, 0.05) is 17.3 Å². The molecule has 2 aromatic rings. The van der Waals surface area contributed by atoms with E-state index < -0.39 is 9.84 Å². The number of aryl methyl sites for hydroxylation is 1. The Labute approximate surface area is 179 Å². The summed E-state index contributed by atoms with van der Waals surface area (Å²) in [5.74, 6) is 1.45. The molecule has 0 aliphatic carbocycles. The first-order valence-electron chi connectivity index (χ1n) is 9.45. The zero-order chi connectivity index (χ0) is 21.5. The van der Waals surface area contributed by atoms with Crippen LogP contribution in [-0.2, 0) is 9.84 Å². The minimum absolute atomic E-state index is 0.113. The molecule has 2 aliphatic rings. The van der Waals surface area contributed by atoms with Gasteiger partial charge in [0.15, 0.2) is 9.84 Å². The van der Waals surface area contributed by atoms with Crippen LogP contribution in [0, 0.1) is 13.8 Å². The summed E-state index contributed by atoms with van der Waals surface area (Å²) in [6.07, 6.45) is 2.46. The lowest BCUT2D eigenvalue weighted by molar-refractivity contribution is 0.265. The molecule has 0 radical (unpaired) electrons. The van der Waals surface area contributed by atoms with E-state index in [4.69, 9.17) is 4.74 Å². The zero-order valence-electron chi connectivity index (χ0n) is 16.9. The van der Waals surface area contributed by atoms with Gasteiger partial charge in [0.1, 0.15) is 11.6 Å². The average molecular weight is 447 g/mol. The number of amidine groups is 1. The molecular formula is C20H22N4O4S2. The molecule has 1 N–H and O–H groups in total. The van der Waals surface area contributed by atoms with E-state index >= 15 is 0 Å². The number of hydrogen-bond acceptors (Lipinski definition) is 7. The predicted octanol–water partition coefficient (Wildman–Crippen LogP) is 3.40. The molecule has 1 atom stereocenters. The SMILES string of the molecule is COc1cccc(N=C2NC(=O)SC2=Cc2c(C)nn(C3CCS(=O)(=O)C3)c2C)c1. The summed E-state index contributed by atoms with van der Waals surface area (Å²) in [6.45, 7) is 3.80. The Kier molecular flexibility index (Phi) is 5.46. The molecule has 30 heavy (non-hydrogen) atoms. The summed E-state index contributed by atoms with van der Waals surface area (Å²) >= 11 is 1.07. The summed E-state index contributed by atoms with van der Waals surface area (Å²) in [7, 11) is -1.42. The Balaban J connectivity index is 1.69. The second-order valence-corrected chi connectivity index (χ2v) is 10.5. The quantitative estimate of drug-likeness (QED) is 0.772. The number of rotatable bonds is 4. The number of nitrogens with zero attached hydrogens (tertiary/aromatic N) is 3. The van der Waals surface area contributed by atoms with Crippen molar-refractivity contribution in [1.82, 2.24) is 15.1 Å². The number of carbonyl (C=O) groups excluding carboxylic acids is 1. The van der Waals surface area contributed by atoms with Crippen LogP contribution in [0.4, 0.5) is 10.5 Å². The van der Waals surface area contributed by atoms with E-state index in [9.17, 15) is 13.2 Å². The first-order chi connectivity index (χ1) is 14.3. The smallest absolute Gasteiger partial charge is 0.289 e. The first-order valence-corrected chi connectivity index (χ1v) is 12.1. The van der Waals surface area contributed by atoms with Crippen LogP contribution in [0.5, 0.6) is 5.75 Å². The molecule has 158 valence electrons. The zero-order valence-corrected chi connectivity index (χ0v) is 18.5. The van der Waals surface area contributed by atoms with E-state index in [1.54, 1.807) is 17.9 Å². The van der Waals surface area contributed by atoms with Gasteiger partial charge in [-0.3, -0.25) is 9.48 Å². The number of thioether (sulfide) groups is 1. The molecular weight excluding hydrogens is 424 g/mol. The minimum atomic E-state index is -3.01. The highest BCUT2D eigenvalue weighted by Gasteiger charge is 2.32. The maximum absolute atomic E-state index is 12.0. The molecule has 1 aromatic carbocycles. The standard InChI is InChI=1S/C20H22N4O4S2/c1-12-17(13(2)24(23-12)15-7-8-30(26,27)11-15)10-18-19(22-20(25)29-18)21-14-5-4-6-16(9-14)28-3/h4-6,9-10,15H,7-8,11H2,1-3H3,(H,21,22,25). The van der Waals surface area contributed by atoms with Gasteiger partial charge in [-0.15, -0.1) is 0 Å². The van der Waals surface area contributed by atoms with Crippen molar-refractivity contribution in [3.8, 4) is 5.75 Å². The molecule has 2 fully saturated rings. The van der Waals surface area contributed by atoms with Gasteiger partial charge in [0.2, 0.25) is 0 Å². The van der Waals surface area contributed by atoms with Gasteiger partial charge in [-0.25, -0.2) is 13.4 Å². The number of aromatic nitrogens is 2. The Morgan fingerprint density at radius 2 is 2.17 bits per heavy atom. The second kappa shape index (κ2) is 7.92. The Hall–Kier alpha value is -2.59. The van der Waals surface area contributed by atoms with Gasteiger partial charge in [0.05, 0.1) is 40.9 Å². The fourth-order valence-electron chi connectivity index (χ4n) is 3.66. The Bertz CT molecular complexity index is 1180. The van der Waals surface area contributed by atoms with Gasteiger partial charge in [-0.2, -0.15) is 5.10 Å². The third-order valence-corrected chi connectivity index (χ3v) is 7.73. The van der Waals surface area contributed by atoms with Crippen LogP contribution < -0.4 is 10.1 Å². The van der Waals surface area contributed by atoms with Gasteiger partial charge >= 0.3 is 0 Å². The van der Waals surface area contributed by atoms with Gasteiger partial charge in [-0.1, -0.05) is 6.07 Å². The summed E-state index contributed by atoms with van der Waals surface area (Å²) in [6, 6.07) is 7.13. The summed E-state index contributed by atoms with van der Waals surface area (Å²) in [4.78, 5) is 17.3. The van der Waals surface area contributed by atoms with E-state index in [1.165, 1.54) is 0 Å². The van der Waals surface area contributed by atoms with Crippen molar-refractivity contribution < 1.29 is 17.9 Å². The lowest BCUT2D eigenvalue weighted by Gasteiger charge is -2.11. The molecule has 10 heteroatoms. The molecule has 2 saturated heterocycles. The third kappa shape index (κ3) is 4.15. The average Bonchev–Trinajstić information content (AvgIpc) is 3.32. The van der Waals surface area contributed by atoms with Gasteiger partial charge in [0.25, 0.3) is 5.24 Å². The van der Waals surface area contributed by atoms with E-state index in [2.05, 4.69) is 15.4 Å². The van der Waals surface area contributed by atoms with E-state index in [1.807, 2.05) is 38.1 Å². The highest BCUT2D eigenvalue weighted by Crippen LogP contribution is 2.32. The maximum atomic E-state index is 12.0. The van der Waals surface area contributed by atoms with E-state index in [-0.39, 0.29) is 22.8 Å². The monoisotopic (exact) mass is 446 g/mol. The van der Waals surface area contributed by atoms with Crippen LogP contribution >= 0.6 is 11.8 Å². The number of carbonyl (C=O) groups is 1. The minimum Gasteiger partial charge on any atom is -0.497 e. The Morgan fingerprint density at radius 1 is 1.37 bits per heavy atom. The molecule has 3 heterocycles. The fraction of sp³-hybridized carbons (Fsp3) is 0.350. The third-order valence-electron chi connectivity index (χ3n) is 5.16. The van der Waals surface area contributed by atoms with Crippen LogP contribution in [0.3, 0.4) is 0 Å². The van der Waals surface area contributed by atoms with Crippen LogP contribution in [0.1, 0.15) is 29.4 Å². The van der Waals surface area contributed by atoms with Gasteiger partial charge < -0.3 is 10.1 Å². The highest BCUT2D eigenvalue weighted by molar-refractivity contribution is 8.18. The topological polar surface area (TPSA) is 103 Å². The fourth-order valence-corrected chi connectivity index (χ4v) is 6.07. The summed E-state index contributed by atoms with van der Waals surface area (Å²) in [5, 5.41) is 7.17. The van der Waals surface area contributed by atoms with Crippen molar-refractivity contribution in [3.63, 3.8) is 0 Å². The lowest BCUT2D eigenvalue weighted by Crippen LogP contribution is -2.18. The first kappa shape index (κ1) is 20.7. The van der Waals surface area contributed by atoms with Crippen LogP contribution in [0.25, 0.3) is 6.08 Å². The highest BCUT2D eigenvalue weighted by atomic mass is 32.2. The van der Waals surface area contributed by atoms with Crippen LogP contribution in [-0.4, -0.2) is 47.9 Å². The number of nitrogens with one attached hydrogen (secondary N) is 1. The number of hydrogen-bond donors (Lipinski definition) is 1. The van der Waals surface area contributed by atoms with Crippen molar-refractivity contribution in [2.75, 3.05) is 18.6 Å². The van der Waals surface area contributed by atoms with Crippen molar-refractivity contribution in [3.05, 3.63) is 46.1 Å². The number of methoxy groups -OCH3 is 1. The number of aliphatic imine (C=N–C) groups is 1. The normalized spacial score (nSPS) is 23.3.